The molecule has 0 bridgehead atoms. The normalized spacial score (nSPS) is 19.8. The molecule has 1 aliphatic carbocycles. The molecular weight excluding hydrogens is 248 g/mol. The highest BCUT2D eigenvalue weighted by atomic mass is 35.5. The Morgan fingerprint density at radius 3 is 2.41 bits per heavy atom. The van der Waals surface area contributed by atoms with Gasteiger partial charge in [-0.05, 0) is 30.9 Å². The van der Waals surface area contributed by atoms with Crippen LogP contribution in [0.4, 0.5) is 8.78 Å². The number of rotatable bonds is 3. The van der Waals surface area contributed by atoms with Crippen LogP contribution < -0.4 is 5.73 Å². The van der Waals surface area contributed by atoms with Crippen LogP contribution in [-0.2, 0) is 0 Å². The van der Waals surface area contributed by atoms with Gasteiger partial charge in [0.1, 0.15) is 11.6 Å². The van der Waals surface area contributed by atoms with E-state index in [4.69, 9.17) is 17.3 Å². The summed E-state index contributed by atoms with van der Waals surface area (Å²) >= 11 is 5.70. The zero-order chi connectivity index (χ0) is 12.6. The average Bonchev–Trinajstić information content (AvgIpc) is 2.21. The van der Waals surface area contributed by atoms with Gasteiger partial charge in [0.25, 0.3) is 0 Å². The third-order valence-electron chi connectivity index (χ3n) is 3.41. The lowest BCUT2D eigenvalue weighted by Gasteiger charge is -2.34. The fourth-order valence-electron chi connectivity index (χ4n) is 2.09. The van der Waals surface area contributed by atoms with E-state index in [9.17, 15) is 13.9 Å². The molecule has 2 atom stereocenters. The molecule has 94 valence electrons. The fourth-order valence-corrected chi connectivity index (χ4v) is 2.37. The molecule has 0 heterocycles. The molecular formula is C12H14ClF2NO. The molecule has 1 aromatic rings. The Balaban J connectivity index is 2.29. The van der Waals surface area contributed by atoms with Crippen LogP contribution in [0.1, 0.15) is 30.9 Å². The molecule has 3 N–H and O–H groups in total. The van der Waals surface area contributed by atoms with Crippen LogP contribution in [0.15, 0.2) is 12.1 Å². The number of halogens is 3. The second kappa shape index (κ2) is 4.88. The molecule has 1 aliphatic rings. The highest BCUT2D eigenvalue weighted by Crippen LogP contribution is 2.37. The highest BCUT2D eigenvalue weighted by Gasteiger charge is 2.33. The molecule has 1 aromatic carbocycles. The first-order valence-corrected chi connectivity index (χ1v) is 5.97. The lowest BCUT2D eigenvalue weighted by Crippen LogP contribution is -2.37. The van der Waals surface area contributed by atoms with Gasteiger partial charge < -0.3 is 10.8 Å². The number of aliphatic hydroxyl groups excluding tert-OH is 1. The molecule has 17 heavy (non-hydrogen) atoms. The Hall–Kier alpha value is -0.710. The Bertz CT molecular complexity index is 423. The van der Waals surface area contributed by atoms with Gasteiger partial charge in [-0.25, -0.2) is 8.78 Å². The summed E-state index contributed by atoms with van der Waals surface area (Å²) in [5.41, 5.74) is 5.65. The maximum absolute atomic E-state index is 13.6. The van der Waals surface area contributed by atoms with Gasteiger partial charge in [-0.2, -0.15) is 0 Å². The summed E-state index contributed by atoms with van der Waals surface area (Å²) in [5.74, 6) is -1.34. The number of aliphatic hydroxyl groups is 1. The predicted octanol–water partition coefficient (Wildman–Crippen LogP) is 2.78. The van der Waals surface area contributed by atoms with Gasteiger partial charge in [0.15, 0.2) is 0 Å². The summed E-state index contributed by atoms with van der Waals surface area (Å²) in [6.07, 6.45) is 1.89. The molecule has 2 rings (SSSR count). The van der Waals surface area contributed by atoms with Crippen molar-refractivity contribution < 1.29 is 13.9 Å². The molecule has 0 amide bonds. The van der Waals surface area contributed by atoms with Crippen LogP contribution >= 0.6 is 11.6 Å². The molecule has 2 nitrogen and oxygen atoms in total. The van der Waals surface area contributed by atoms with Crippen molar-refractivity contribution in [2.75, 3.05) is 0 Å². The highest BCUT2D eigenvalue weighted by molar-refractivity contribution is 6.31. The van der Waals surface area contributed by atoms with E-state index in [0.29, 0.717) is 0 Å². The van der Waals surface area contributed by atoms with Crippen LogP contribution in [0.25, 0.3) is 0 Å². The first-order valence-electron chi connectivity index (χ1n) is 5.59. The first-order chi connectivity index (χ1) is 8.02. The number of hydrogen-bond acceptors (Lipinski definition) is 2. The molecule has 0 unspecified atom stereocenters. The van der Waals surface area contributed by atoms with Crippen LogP contribution in [0, 0.1) is 17.6 Å². The molecule has 1 fully saturated rings. The van der Waals surface area contributed by atoms with Crippen molar-refractivity contribution in [1.29, 1.82) is 0 Å². The maximum atomic E-state index is 13.6. The van der Waals surface area contributed by atoms with Crippen molar-refractivity contribution >= 4 is 11.6 Å². The topological polar surface area (TPSA) is 46.2 Å². The quantitative estimate of drug-likeness (QED) is 0.822. The van der Waals surface area contributed by atoms with Gasteiger partial charge in [-0.3, -0.25) is 0 Å². The van der Waals surface area contributed by atoms with Gasteiger partial charge >= 0.3 is 0 Å². The summed E-state index contributed by atoms with van der Waals surface area (Å²) in [7, 11) is 0. The monoisotopic (exact) mass is 261 g/mol. The Morgan fingerprint density at radius 1 is 1.29 bits per heavy atom. The molecule has 0 radical (unpaired) electrons. The zero-order valence-corrected chi connectivity index (χ0v) is 9.92. The van der Waals surface area contributed by atoms with E-state index in [1.165, 1.54) is 0 Å². The number of benzene rings is 1. The fraction of sp³-hybridized carbons (Fsp3) is 0.500. The zero-order valence-electron chi connectivity index (χ0n) is 9.17. The number of nitrogens with two attached hydrogens (primary N) is 1. The average molecular weight is 262 g/mol. The summed E-state index contributed by atoms with van der Waals surface area (Å²) in [6.45, 7) is 0. The van der Waals surface area contributed by atoms with Crippen molar-refractivity contribution in [3.63, 3.8) is 0 Å². The second-order valence-corrected chi connectivity index (χ2v) is 4.84. The van der Waals surface area contributed by atoms with E-state index in [1.807, 2.05) is 0 Å². The van der Waals surface area contributed by atoms with Crippen LogP contribution in [-0.4, -0.2) is 11.2 Å². The van der Waals surface area contributed by atoms with E-state index in [-0.39, 0.29) is 16.5 Å². The standard InChI is InChI=1S/C12H14ClF2NO/c13-10-8(15)5-4-7(14)9(10)11(16)12(17)6-2-1-3-6/h4-6,11-12,17H,1-3,16H2/t11-,12+/m0/s1. The third kappa shape index (κ3) is 2.30. The molecule has 5 heteroatoms. The smallest absolute Gasteiger partial charge is 0.142 e. The van der Waals surface area contributed by atoms with Crippen LogP contribution in [0.5, 0.6) is 0 Å². The Kier molecular flexibility index (Phi) is 3.66. The Morgan fingerprint density at radius 2 is 1.88 bits per heavy atom. The minimum absolute atomic E-state index is 0.0590. The lowest BCUT2D eigenvalue weighted by atomic mass is 9.77. The predicted molar refractivity (Wildman–Crippen MR) is 61.6 cm³/mol. The number of hydrogen-bond donors (Lipinski definition) is 2. The van der Waals surface area contributed by atoms with Crippen molar-refractivity contribution in [2.45, 2.75) is 31.4 Å². The van der Waals surface area contributed by atoms with Crippen molar-refractivity contribution in [2.24, 2.45) is 11.7 Å². The molecule has 0 saturated heterocycles. The van der Waals surface area contributed by atoms with Gasteiger partial charge in [0, 0.05) is 5.56 Å². The summed E-state index contributed by atoms with van der Waals surface area (Å²) in [6, 6.07) is 0.941. The van der Waals surface area contributed by atoms with Crippen molar-refractivity contribution in [3.05, 3.63) is 34.4 Å². The molecule has 1 saturated carbocycles. The van der Waals surface area contributed by atoms with Crippen molar-refractivity contribution in [3.8, 4) is 0 Å². The first kappa shape index (κ1) is 12.7. The molecule has 0 spiro atoms. The van der Waals surface area contributed by atoms with E-state index in [2.05, 4.69) is 0 Å². The van der Waals surface area contributed by atoms with Crippen molar-refractivity contribution in [1.82, 2.24) is 0 Å². The summed E-state index contributed by atoms with van der Waals surface area (Å²) in [4.78, 5) is 0. The second-order valence-electron chi connectivity index (χ2n) is 4.46. The van der Waals surface area contributed by atoms with Gasteiger partial charge in [-0.1, -0.05) is 18.0 Å². The molecule has 0 aromatic heterocycles. The summed E-state index contributed by atoms with van der Waals surface area (Å²) < 4.78 is 26.8. The van der Waals surface area contributed by atoms with Gasteiger partial charge in [0.2, 0.25) is 0 Å². The minimum Gasteiger partial charge on any atom is -0.391 e. The van der Waals surface area contributed by atoms with Gasteiger partial charge in [0.05, 0.1) is 17.2 Å². The lowest BCUT2D eigenvalue weighted by molar-refractivity contribution is 0.0404. The summed E-state index contributed by atoms with van der Waals surface area (Å²) in [5, 5.41) is 9.62. The van der Waals surface area contributed by atoms with E-state index in [0.717, 1.165) is 31.4 Å². The third-order valence-corrected chi connectivity index (χ3v) is 3.80. The van der Waals surface area contributed by atoms with Crippen LogP contribution in [0.3, 0.4) is 0 Å². The van der Waals surface area contributed by atoms with Crippen LogP contribution in [0.2, 0.25) is 5.02 Å². The van der Waals surface area contributed by atoms with E-state index in [1.54, 1.807) is 0 Å². The van der Waals surface area contributed by atoms with Gasteiger partial charge in [-0.15, -0.1) is 0 Å². The SMILES string of the molecule is N[C@@H](c1c(F)ccc(F)c1Cl)[C@H](O)C1CCC1. The maximum Gasteiger partial charge on any atom is 0.142 e. The Labute approximate surface area is 103 Å². The minimum atomic E-state index is -0.983. The largest absolute Gasteiger partial charge is 0.391 e. The van der Waals surface area contributed by atoms with E-state index >= 15 is 0 Å². The molecule has 0 aliphatic heterocycles. The van der Waals surface area contributed by atoms with E-state index < -0.39 is 23.8 Å².